The van der Waals surface area contributed by atoms with Gasteiger partial charge in [-0.1, -0.05) is 20.3 Å². The van der Waals surface area contributed by atoms with Crippen LogP contribution in [0.4, 0.5) is 0 Å². The number of nitrogens with one attached hydrogen (secondary N) is 2. The van der Waals surface area contributed by atoms with Gasteiger partial charge in [-0.05, 0) is 62.8 Å². The smallest absolute Gasteiger partial charge is 0.166 e. The molecule has 2 aliphatic rings. The molecule has 0 amide bonds. The van der Waals surface area contributed by atoms with Crippen LogP contribution in [0.2, 0.25) is 0 Å². The number of rotatable bonds is 5. The van der Waals surface area contributed by atoms with E-state index in [0.29, 0.717) is 6.04 Å². The average Bonchev–Trinajstić information content (AvgIpc) is 2.86. The Balaban J connectivity index is 1.70. The molecule has 0 spiro atoms. The number of fused-ring (bicyclic) bond motifs is 2. The van der Waals surface area contributed by atoms with E-state index in [4.69, 9.17) is 12.2 Å². The zero-order valence-electron chi connectivity index (χ0n) is 12.8. The highest BCUT2D eigenvalue weighted by Gasteiger charge is 2.39. The summed E-state index contributed by atoms with van der Waals surface area (Å²) in [6.45, 7) is 6.55. The minimum Gasteiger partial charge on any atom is -0.362 e. The van der Waals surface area contributed by atoms with Gasteiger partial charge in [0.25, 0.3) is 0 Å². The van der Waals surface area contributed by atoms with Gasteiger partial charge in [-0.25, -0.2) is 0 Å². The van der Waals surface area contributed by atoms with E-state index in [0.717, 1.165) is 30.0 Å². The van der Waals surface area contributed by atoms with E-state index in [2.05, 4.69) is 43.5 Å². The summed E-state index contributed by atoms with van der Waals surface area (Å²) in [6, 6.07) is 0.635. The second-order valence-corrected chi connectivity index (χ2v) is 7.92. The Morgan fingerprint density at radius 2 is 2.00 bits per heavy atom. The van der Waals surface area contributed by atoms with Gasteiger partial charge in [-0.3, -0.25) is 0 Å². The minimum absolute atomic E-state index is 0.240. The lowest BCUT2D eigenvalue weighted by Crippen LogP contribution is -2.48. The van der Waals surface area contributed by atoms with Crippen LogP contribution in [0.25, 0.3) is 0 Å². The van der Waals surface area contributed by atoms with E-state index in [9.17, 15) is 0 Å². The molecule has 3 atom stereocenters. The summed E-state index contributed by atoms with van der Waals surface area (Å²) in [7, 11) is 4.24. The number of hydrogen-bond donors (Lipinski definition) is 2. The summed E-state index contributed by atoms with van der Waals surface area (Å²) in [6.07, 6.45) is 5.59. The average molecular weight is 283 g/mol. The summed E-state index contributed by atoms with van der Waals surface area (Å²) >= 11 is 5.45. The van der Waals surface area contributed by atoms with E-state index in [1.54, 1.807) is 0 Å². The van der Waals surface area contributed by atoms with Crippen LogP contribution in [-0.2, 0) is 0 Å². The van der Waals surface area contributed by atoms with Gasteiger partial charge in [0.15, 0.2) is 5.11 Å². The Morgan fingerprint density at radius 3 is 2.53 bits per heavy atom. The first-order chi connectivity index (χ1) is 8.85. The normalized spacial score (nSPS) is 29.8. The van der Waals surface area contributed by atoms with Crippen LogP contribution >= 0.6 is 12.2 Å². The molecule has 0 aromatic rings. The molecule has 0 unspecified atom stereocenters. The van der Waals surface area contributed by atoms with Crippen molar-refractivity contribution in [1.29, 1.82) is 0 Å². The monoisotopic (exact) mass is 283 g/mol. The topological polar surface area (TPSA) is 27.3 Å². The Hall–Kier alpha value is -0.350. The lowest BCUT2D eigenvalue weighted by molar-refractivity contribution is 0.241. The van der Waals surface area contributed by atoms with Crippen molar-refractivity contribution in [2.45, 2.75) is 45.6 Å². The standard InChI is InChI=1S/C15H29N3S/c1-15(2,10-18(3)4)9-16-14(19)17-13-8-11-5-6-12(13)7-11/h11-13H,5-10H2,1-4H3,(H2,16,17,19)/t11-,12-,13-/m1/s1. The highest BCUT2D eigenvalue weighted by molar-refractivity contribution is 7.80. The third kappa shape index (κ3) is 4.32. The molecule has 2 N–H and O–H groups in total. The lowest BCUT2D eigenvalue weighted by atomic mass is 9.93. The van der Waals surface area contributed by atoms with Crippen molar-refractivity contribution in [3.8, 4) is 0 Å². The van der Waals surface area contributed by atoms with Crippen molar-refractivity contribution in [2.24, 2.45) is 17.3 Å². The van der Waals surface area contributed by atoms with Crippen LogP contribution in [0.5, 0.6) is 0 Å². The Bertz CT molecular complexity index is 327. The molecule has 0 heterocycles. The van der Waals surface area contributed by atoms with Crippen LogP contribution in [0.15, 0.2) is 0 Å². The van der Waals surface area contributed by atoms with Crippen molar-refractivity contribution >= 4 is 17.3 Å². The maximum atomic E-state index is 5.45. The predicted molar refractivity (Wildman–Crippen MR) is 85.3 cm³/mol. The molecule has 0 aromatic carbocycles. The quantitative estimate of drug-likeness (QED) is 0.757. The zero-order chi connectivity index (χ0) is 14.0. The molecule has 19 heavy (non-hydrogen) atoms. The molecule has 2 saturated carbocycles. The fourth-order valence-electron chi connectivity index (χ4n) is 3.87. The third-order valence-electron chi connectivity index (χ3n) is 4.53. The van der Waals surface area contributed by atoms with Crippen molar-refractivity contribution in [2.75, 3.05) is 27.2 Å². The summed E-state index contributed by atoms with van der Waals surface area (Å²) in [5.74, 6) is 1.84. The van der Waals surface area contributed by atoms with Crippen molar-refractivity contribution in [3.63, 3.8) is 0 Å². The Kier molecular flexibility index (Phi) is 4.72. The highest BCUT2D eigenvalue weighted by Crippen LogP contribution is 2.44. The third-order valence-corrected chi connectivity index (χ3v) is 4.79. The van der Waals surface area contributed by atoms with Gasteiger partial charge in [0.2, 0.25) is 0 Å². The molecule has 4 heteroatoms. The van der Waals surface area contributed by atoms with E-state index in [-0.39, 0.29) is 5.41 Å². The zero-order valence-corrected chi connectivity index (χ0v) is 13.6. The van der Waals surface area contributed by atoms with Gasteiger partial charge in [0.1, 0.15) is 0 Å². The van der Waals surface area contributed by atoms with Gasteiger partial charge in [0.05, 0.1) is 0 Å². The molecule has 0 aromatic heterocycles. The van der Waals surface area contributed by atoms with Crippen LogP contribution in [0.3, 0.4) is 0 Å². The van der Waals surface area contributed by atoms with Crippen molar-refractivity contribution in [1.82, 2.24) is 15.5 Å². The maximum Gasteiger partial charge on any atom is 0.166 e. The fraction of sp³-hybridized carbons (Fsp3) is 0.933. The van der Waals surface area contributed by atoms with Gasteiger partial charge in [-0.15, -0.1) is 0 Å². The molecule has 3 nitrogen and oxygen atoms in total. The van der Waals surface area contributed by atoms with Crippen LogP contribution in [-0.4, -0.2) is 43.2 Å². The second kappa shape index (κ2) is 5.96. The second-order valence-electron chi connectivity index (χ2n) is 7.51. The van der Waals surface area contributed by atoms with Gasteiger partial charge < -0.3 is 15.5 Å². The first kappa shape index (κ1) is 15.0. The fourth-order valence-corrected chi connectivity index (χ4v) is 4.10. The van der Waals surface area contributed by atoms with E-state index in [1.807, 2.05) is 0 Å². The maximum absolute atomic E-state index is 5.45. The predicted octanol–water partition coefficient (Wildman–Crippen LogP) is 2.23. The molecule has 2 rings (SSSR count). The van der Waals surface area contributed by atoms with Gasteiger partial charge in [-0.2, -0.15) is 0 Å². The molecule has 0 aliphatic heterocycles. The highest BCUT2D eigenvalue weighted by atomic mass is 32.1. The van der Waals surface area contributed by atoms with Crippen LogP contribution in [0, 0.1) is 17.3 Å². The van der Waals surface area contributed by atoms with Crippen LogP contribution < -0.4 is 10.6 Å². The Labute approximate surface area is 123 Å². The van der Waals surface area contributed by atoms with Crippen LogP contribution in [0.1, 0.15) is 39.5 Å². The van der Waals surface area contributed by atoms with Gasteiger partial charge >= 0.3 is 0 Å². The summed E-state index contributed by atoms with van der Waals surface area (Å²) in [5, 5.41) is 7.80. The molecule has 110 valence electrons. The molecule has 0 saturated heterocycles. The van der Waals surface area contributed by atoms with E-state index < -0.39 is 0 Å². The minimum atomic E-state index is 0.240. The summed E-state index contributed by atoms with van der Waals surface area (Å²) < 4.78 is 0. The lowest BCUT2D eigenvalue weighted by Gasteiger charge is -2.30. The molecule has 2 bridgehead atoms. The summed E-state index contributed by atoms with van der Waals surface area (Å²) in [4.78, 5) is 2.23. The Morgan fingerprint density at radius 1 is 1.26 bits per heavy atom. The number of thiocarbonyl (C=S) groups is 1. The van der Waals surface area contributed by atoms with E-state index >= 15 is 0 Å². The summed E-state index contributed by atoms with van der Waals surface area (Å²) in [5.41, 5.74) is 0.240. The van der Waals surface area contributed by atoms with Crippen molar-refractivity contribution < 1.29 is 0 Å². The number of nitrogens with zero attached hydrogens (tertiary/aromatic N) is 1. The first-order valence-electron chi connectivity index (χ1n) is 7.55. The molecule has 2 fully saturated rings. The molecular weight excluding hydrogens is 254 g/mol. The largest absolute Gasteiger partial charge is 0.362 e. The van der Waals surface area contributed by atoms with Crippen molar-refractivity contribution in [3.05, 3.63) is 0 Å². The molecule has 2 aliphatic carbocycles. The number of hydrogen-bond acceptors (Lipinski definition) is 2. The SMILES string of the molecule is CN(C)CC(C)(C)CNC(=S)N[C@@H]1C[C@@H]2CC[C@@H]1C2. The first-order valence-corrected chi connectivity index (χ1v) is 7.96. The van der Waals surface area contributed by atoms with Gasteiger partial charge in [0, 0.05) is 19.1 Å². The molecular formula is C15H29N3S. The van der Waals surface area contributed by atoms with E-state index in [1.165, 1.54) is 25.7 Å². The molecule has 0 radical (unpaired) electrons.